The van der Waals surface area contributed by atoms with Crippen molar-refractivity contribution in [3.8, 4) is 11.5 Å². The molecule has 2 aromatic carbocycles. The Labute approximate surface area is 234 Å². The molecule has 0 saturated heterocycles. The molecule has 2 rings (SSSR count). The maximum atomic E-state index is 5.79. The molecule has 2 aromatic rings. The Balaban J connectivity index is -0.0000001000. The molecule has 0 saturated carbocycles. The van der Waals surface area contributed by atoms with Crippen molar-refractivity contribution in [1.82, 2.24) is 0 Å². The van der Waals surface area contributed by atoms with E-state index in [1.54, 1.807) is 0 Å². The van der Waals surface area contributed by atoms with Crippen LogP contribution in [-0.4, -0.2) is 0 Å². The van der Waals surface area contributed by atoms with Crippen LogP contribution in [0.5, 0.6) is 11.5 Å². The fourth-order valence-electron chi connectivity index (χ4n) is 1.86. The van der Waals surface area contributed by atoms with Crippen molar-refractivity contribution >= 4 is 0 Å². The van der Waals surface area contributed by atoms with Gasteiger partial charge in [-0.1, -0.05) is 36.4 Å². The first-order valence-corrected chi connectivity index (χ1v) is 6.39. The zero-order chi connectivity index (χ0) is 13.5. The minimum atomic E-state index is 0. The average Bonchev–Trinajstić information content (AvgIpc) is 2.44. The van der Waals surface area contributed by atoms with Gasteiger partial charge in [0.05, 0.1) is 0 Å². The quantitative estimate of drug-likeness (QED) is 0.373. The third-order valence-corrected chi connectivity index (χ3v) is 2.84. The second kappa shape index (κ2) is 17.1. The van der Waals surface area contributed by atoms with E-state index in [1.807, 2.05) is 36.4 Å². The van der Waals surface area contributed by atoms with E-state index in [-0.39, 0.29) is 124 Å². The molecule has 0 aromatic heterocycles. The Morgan fingerprint density at radius 1 is 0.652 bits per heavy atom. The summed E-state index contributed by atoms with van der Waals surface area (Å²) in [5.41, 5.74) is 2.48. The van der Waals surface area contributed by atoms with Crippen molar-refractivity contribution in [2.75, 3.05) is 0 Å². The minimum Gasteiger partial charge on any atom is -1.00 e. The predicted octanol–water partition coefficient (Wildman–Crippen LogP) is -6.60. The first-order valence-electron chi connectivity index (χ1n) is 6.39. The molecule has 0 atom stereocenters. The van der Waals surface area contributed by atoms with E-state index in [0.717, 1.165) is 24.3 Å². The summed E-state index contributed by atoms with van der Waals surface area (Å²) in [6, 6.07) is 16.2. The third-order valence-electron chi connectivity index (χ3n) is 2.84. The third kappa shape index (κ3) is 11.1. The van der Waals surface area contributed by atoms with Gasteiger partial charge >= 0.3 is 118 Å². The van der Waals surface area contributed by atoms with Crippen molar-refractivity contribution in [3.05, 3.63) is 85.0 Å². The van der Waals surface area contributed by atoms with Crippen LogP contribution in [0, 0.1) is 0 Å². The molecule has 0 aliphatic rings. The van der Waals surface area contributed by atoms with Crippen molar-refractivity contribution in [2.45, 2.75) is 12.8 Å². The number of allylic oxidation sites excluding steroid dienone is 2. The number of ether oxygens (including phenoxy) is 1. The molecule has 0 bridgehead atoms. The van der Waals surface area contributed by atoms with Gasteiger partial charge in [0.15, 0.2) is 0 Å². The standard InChI is InChI=1S/C18H18O.4Na.4H/c1-3-5-15-7-11-17(12-8-15)19-18-13-9-16(6-4-2)10-14-18;;;;;;;;/h3-4,7-14H,1-2,5-6H2;;;;;;;;/q;4*+1;4*-1. The summed E-state index contributed by atoms with van der Waals surface area (Å²) in [7, 11) is 0. The molecule has 104 valence electrons. The van der Waals surface area contributed by atoms with E-state index in [9.17, 15) is 0 Å². The maximum Gasteiger partial charge on any atom is 1.00 e. The molecule has 0 fully saturated rings. The minimum absolute atomic E-state index is 0. The smallest absolute Gasteiger partial charge is 1.00 e. The zero-order valence-corrected chi connectivity index (χ0v) is 23.0. The van der Waals surface area contributed by atoms with Gasteiger partial charge in [0, 0.05) is 0 Å². The Hall–Kier alpha value is 1.72. The topological polar surface area (TPSA) is 9.23 Å². The van der Waals surface area contributed by atoms with Gasteiger partial charge in [-0.15, -0.1) is 13.2 Å². The van der Waals surface area contributed by atoms with Gasteiger partial charge < -0.3 is 10.4 Å². The van der Waals surface area contributed by atoms with E-state index in [4.69, 9.17) is 4.74 Å². The van der Waals surface area contributed by atoms with Crippen LogP contribution in [0.1, 0.15) is 16.8 Å². The average molecular weight is 346 g/mol. The summed E-state index contributed by atoms with van der Waals surface area (Å²) in [4.78, 5) is 0. The van der Waals surface area contributed by atoms with Crippen molar-refractivity contribution in [1.29, 1.82) is 0 Å². The van der Waals surface area contributed by atoms with Crippen LogP contribution in [0.3, 0.4) is 0 Å². The molecule has 0 heterocycles. The predicted molar refractivity (Wildman–Crippen MR) is 85.2 cm³/mol. The maximum absolute atomic E-state index is 5.79. The molecule has 0 spiro atoms. The van der Waals surface area contributed by atoms with Crippen molar-refractivity contribution < 1.29 is 129 Å². The number of hydrogen-bond acceptors (Lipinski definition) is 1. The van der Waals surface area contributed by atoms with Gasteiger partial charge in [0.2, 0.25) is 0 Å². The Morgan fingerprint density at radius 2 is 0.957 bits per heavy atom. The van der Waals surface area contributed by atoms with Crippen molar-refractivity contribution in [3.63, 3.8) is 0 Å². The van der Waals surface area contributed by atoms with Gasteiger partial charge in [-0.3, -0.25) is 0 Å². The summed E-state index contributed by atoms with van der Waals surface area (Å²) < 4.78 is 5.79. The summed E-state index contributed by atoms with van der Waals surface area (Å²) in [6.07, 6.45) is 5.56. The number of hydrogen-bond donors (Lipinski definition) is 0. The van der Waals surface area contributed by atoms with Gasteiger partial charge in [-0.2, -0.15) is 0 Å². The molecule has 1 nitrogen and oxygen atoms in total. The van der Waals surface area contributed by atoms with Gasteiger partial charge in [0.25, 0.3) is 0 Å². The van der Waals surface area contributed by atoms with Crippen LogP contribution < -0.4 is 123 Å². The number of rotatable bonds is 6. The second-order valence-corrected chi connectivity index (χ2v) is 4.38. The summed E-state index contributed by atoms with van der Waals surface area (Å²) in [5, 5.41) is 0. The largest absolute Gasteiger partial charge is 1.00 e. The number of benzene rings is 2. The van der Waals surface area contributed by atoms with Crippen LogP contribution in [0.2, 0.25) is 0 Å². The summed E-state index contributed by atoms with van der Waals surface area (Å²) >= 11 is 0. The molecular formula is C18H22Na4O. The molecule has 0 aliphatic heterocycles. The van der Waals surface area contributed by atoms with Crippen LogP contribution in [0.25, 0.3) is 0 Å². The normalized spacial score (nSPS) is 8.17. The fourth-order valence-corrected chi connectivity index (χ4v) is 1.86. The molecule has 5 heteroatoms. The van der Waals surface area contributed by atoms with Gasteiger partial charge in [0.1, 0.15) is 11.5 Å². The molecular weight excluding hydrogens is 324 g/mol. The van der Waals surface area contributed by atoms with Crippen LogP contribution in [0.15, 0.2) is 73.8 Å². The van der Waals surface area contributed by atoms with Gasteiger partial charge in [-0.25, -0.2) is 0 Å². The molecule has 0 aliphatic carbocycles. The zero-order valence-electron chi connectivity index (χ0n) is 19.0. The molecule has 0 unspecified atom stereocenters. The van der Waals surface area contributed by atoms with Crippen LogP contribution in [0.4, 0.5) is 0 Å². The van der Waals surface area contributed by atoms with E-state index in [2.05, 4.69) is 37.4 Å². The van der Waals surface area contributed by atoms with Gasteiger partial charge in [-0.05, 0) is 48.2 Å². The second-order valence-electron chi connectivity index (χ2n) is 4.38. The summed E-state index contributed by atoms with van der Waals surface area (Å²) in [6.45, 7) is 7.46. The Kier molecular flexibility index (Phi) is 22.0. The van der Waals surface area contributed by atoms with Crippen molar-refractivity contribution in [2.24, 2.45) is 0 Å². The van der Waals surface area contributed by atoms with E-state index < -0.39 is 0 Å². The van der Waals surface area contributed by atoms with Crippen LogP contribution in [-0.2, 0) is 12.8 Å². The van der Waals surface area contributed by atoms with Crippen LogP contribution >= 0.6 is 0 Å². The Morgan fingerprint density at radius 3 is 1.22 bits per heavy atom. The molecule has 0 amide bonds. The molecule has 23 heavy (non-hydrogen) atoms. The first-order chi connectivity index (χ1) is 9.31. The van der Waals surface area contributed by atoms with E-state index >= 15 is 0 Å². The molecule has 0 N–H and O–H groups in total. The van der Waals surface area contributed by atoms with E-state index in [1.165, 1.54) is 11.1 Å². The SMILES string of the molecule is C=CCc1ccc(Oc2ccc(CC=C)cc2)cc1.[H-].[H-].[H-].[H-].[Na+].[Na+].[Na+].[Na+]. The Bertz CT molecular complexity index is 515. The fraction of sp³-hybridized carbons (Fsp3) is 0.111. The first kappa shape index (κ1) is 29.5. The molecule has 0 radical (unpaired) electrons. The summed E-state index contributed by atoms with van der Waals surface area (Å²) in [5.74, 6) is 1.70. The monoisotopic (exact) mass is 346 g/mol. The van der Waals surface area contributed by atoms with E-state index in [0.29, 0.717) is 0 Å².